The van der Waals surface area contributed by atoms with E-state index in [9.17, 15) is 9.18 Å². The Morgan fingerprint density at radius 3 is 2.46 bits per heavy atom. The first-order valence-corrected chi connectivity index (χ1v) is 9.41. The van der Waals surface area contributed by atoms with Crippen LogP contribution in [0.3, 0.4) is 0 Å². The molecule has 2 aliphatic carbocycles. The van der Waals surface area contributed by atoms with Gasteiger partial charge in [0.25, 0.3) is 5.91 Å². The number of benzene rings is 1. The smallest absolute Gasteiger partial charge is 0.264 e. The quantitative estimate of drug-likeness (QED) is 0.857. The summed E-state index contributed by atoms with van der Waals surface area (Å²) in [5.74, 6) is 1.07. The van der Waals surface area contributed by atoms with Crippen LogP contribution in [0.4, 0.5) is 4.39 Å². The van der Waals surface area contributed by atoms with Crippen molar-refractivity contribution in [1.82, 2.24) is 15.5 Å². The summed E-state index contributed by atoms with van der Waals surface area (Å²) < 4.78 is 13.3. The van der Waals surface area contributed by atoms with Crippen LogP contribution >= 0.6 is 0 Å². The Morgan fingerprint density at radius 1 is 1.12 bits per heavy atom. The third kappa shape index (κ3) is 2.81. The molecule has 2 saturated carbocycles. The van der Waals surface area contributed by atoms with E-state index in [1.54, 1.807) is 12.1 Å². The predicted molar refractivity (Wildman–Crippen MR) is 97.7 cm³/mol. The molecule has 2 N–H and O–H groups in total. The van der Waals surface area contributed by atoms with Crippen molar-refractivity contribution in [3.63, 3.8) is 0 Å². The monoisotopic (exact) mass is 351 g/mol. The van der Waals surface area contributed by atoms with E-state index in [4.69, 9.17) is 0 Å². The first kappa shape index (κ1) is 15.7. The van der Waals surface area contributed by atoms with Crippen molar-refractivity contribution in [1.29, 1.82) is 0 Å². The number of nitrogens with zero attached hydrogens (tertiary/aromatic N) is 1. The Balaban J connectivity index is 1.39. The van der Waals surface area contributed by atoms with Crippen molar-refractivity contribution in [3.8, 4) is 0 Å². The molecule has 5 rings (SSSR count). The van der Waals surface area contributed by atoms with Crippen molar-refractivity contribution in [2.75, 3.05) is 0 Å². The van der Waals surface area contributed by atoms with Gasteiger partial charge in [-0.3, -0.25) is 4.79 Å². The lowest BCUT2D eigenvalue weighted by Crippen LogP contribution is -2.52. The lowest BCUT2D eigenvalue weighted by molar-refractivity contribution is -0.126. The first-order valence-electron chi connectivity index (χ1n) is 9.41. The zero-order chi connectivity index (χ0) is 17.7. The maximum absolute atomic E-state index is 13.3. The fourth-order valence-corrected chi connectivity index (χ4v) is 3.99. The maximum Gasteiger partial charge on any atom is 0.264 e. The highest BCUT2D eigenvalue weighted by atomic mass is 19.1. The normalized spacial score (nSPS) is 24.1. The van der Waals surface area contributed by atoms with Gasteiger partial charge in [0, 0.05) is 12.2 Å². The van der Waals surface area contributed by atoms with Crippen molar-refractivity contribution in [2.45, 2.75) is 37.9 Å². The summed E-state index contributed by atoms with van der Waals surface area (Å²) in [6.07, 6.45) is 12.3. The number of hydrogen-bond acceptors (Lipinski definition) is 3. The van der Waals surface area contributed by atoms with Gasteiger partial charge in [0.15, 0.2) is 6.17 Å². The molecule has 2 fully saturated rings. The van der Waals surface area contributed by atoms with Crippen LogP contribution in [0.15, 0.2) is 54.4 Å². The van der Waals surface area contributed by atoms with Crippen molar-refractivity contribution in [3.05, 3.63) is 65.8 Å². The molecular weight excluding hydrogens is 329 g/mol. The SMILES string of the molecule is O=C(NC(C1CC1)C1CC1)C1NC(c2ccc(F)cc2)=C2C=CC=CN21. The Hall–Kier alpha value is -2.56. The molecule has 1 amide bonds. The van der Waals surface area contributed by atoms with Crippen LogP contribution in [0, 0.1) is 17.7 Å². The summed E-state index contributed by atoms with van der Waals surface area (Å²) in [6.45, 7) is 0. The molecule has 1 aromatic rings. The molecule has 0 bridgehead atoms. The van der Waals surface area contributed by atoms with E-state index >= 15 is 0 Å². The summed E-state index contributed by atoms with van der Waals surface area (Å²) in [7, 11) is 0. The lowest BCUT2D eigenvalue weighted by Gasteiger charge is -2.27. The number of rotatable bonds is 5. The van der Waals surface area contributed by atoms with E-state index < -0.39 is 6.17 Å². The van der Waals surface area contributed by atoms with E-state index in [0.29, 0.717) is 17.9 Å². The summed E-state index contributed by atoms with van der Waals surface area (Å²) >= 11 is 0. The Labute approximate surface area is 152 Å². The van der Waals surface area contributed by atoms with Gasteiger partial charge < -0.3 is 15.5 Å². The third-order valence-electron chi connectivity index (χ3n) is 5.66. The van der Waals surface area contributed by atoms with E-state index in [1.807, 2.05) is 29.3 Å². The summed E-state index contributed by atoms with van der Waals surface area (Å²) in [6, 6.07) is 6.70. The zero-order valence-corrected chi connectivity index (χ0v) is 14.5. The number of allylic oxidation sites excluding steroid dienone is 3. The number of halogens is 1. The lowest BCUT2D eigenvalue weighted by atomic mass is 10.1. The highest BCUT2D eigenvalue weighted by Gasteiger charge is 2.44. The van der Waals surface area contributed by atoms with Crippen molar-refractivity contribution in [2.24, 2.45) is 11.8 Å². The minimum atomic E-state index is -0.466. The fourth-order valence-electron chi connectivity index (χ4n) is 3.99. The molecule has 4 aliphatic rings. The van der Waals surface area contributed by atoms with Crippen LogP contribution < -0.4 is 10.6 Å². The van der Waals surface area contributed by atoms with Crippen LogP contribution in [-0.2, 0) is 4.79 Å². The first-order chi connectivity index (χ1) is 12.7. The number of nitrogens with one attached hydrogen (secondary N) is 2. The van der Waals surface area contributed by atoms with E-state index in [0.717, 1.165) is 17.0 Å². The second-order valence-corrected chi connectivity index (χ2v) is 7.63. The standard InChI is InChI=1S/C21H22FN3O/c22-16-10-8-15(9-11-16)19-17-3-1-2-12-25(17)20(23-19)21(26)24-18(13-4-5-13)14-6-7-14/h1-3,8-14,18,20,23H,4-7H2,(H,24,26). The van der Waals surface area contributed by atoms with Crippen molar-refractivity contribution >= 4 is 11.6 Å². The molecule has 2 heterocycles. The largest absolute Gasteiger partial charge is 0.355 e. The minimum absolute atomic E-state index is 0.0170. The molecule has 5 heteroatoms. The maximum atomic E-state index is 13.3. The number of carbonyl (C=O) groups excluding carboxylic acids is 1. The molecule has 0 radical (unpaired) electrons. The Kier molecular flexibility index (Phi) is 3.62. The minimum Gasteiger partial charge on any atom is -0.355 e. The van der Waals surface area contributed by atoms with E-state index in [1.165, 1.54) is 37.8 Å². The summed E-state index contributed by atoms with van der Waals surface area (Å²) in [4.78, 5) is 15.0. The Bertz CT molecular complexity index is 806. The second-order valence-electron chi connectivity index (χ2n) is 7.63. The second kappa shape index (κ2) is 6.01. The van der Waals surface area contributed by atoms with E-state index in [2.05, 4.69) is 10.6 Å². The highest BCUT2D eigenvalue weighted by Crippen LogP contribution is 2.44. The molecule has 134 valence electrons. The predicted octanol–water partition coefficient (Wildman–Crippen LogP) is 3.11. The van der Waals surface area contributed by atoms with Gasteiger partial charge in [-0.25, -0.2) is 4.39 Å². The highest BCUT2D eigenvalue weighted by molar-refractivity contribution is 5.87. The molecule has 1 aromatic carbocycles. The zero-order valence-electron chi connectivity index (χ0n) is 14.5. The molecule has 0 spiro atoms. The van der Waals surface area contributed by atoms with Crippen LogP contribution in [0.25, 0.3) is 5.70 Å². The number of fused-ring (bicyclic) bond motifs is 1. The van der Waals surface area contributed by atoms with Gasteiger partial charge in [0.1, 0.15) is 5.82 Å². The molecule has 26 heavy (non-hydrogen) atoms. The van der Waals surface area contributed by atoms with Gasteiger partial charge in [-0.05, 0) is 79.5 Å². The molecule has 0 aromatic heterocycles. The van der Waals surface area contributed by atoms with Crippen molar-refractivity contribution < 1.29 is 9.18 Å². The number of hydrogen-bond donors (Lipinski definition) is 2. The average Bonchev–Trinajstić information content (AvgIpc) is 3.57. The van der Waals surface area contributed by atoms with Gasteiger partial charge >= 0.3 is 0 Å². The van der Waals surface area contributed by atoms with Gasteiger partial charge in [0.2, 0.25) is 0 Å². The van der Waals surface area contributed by atoms with Gasteiger partial charge in [-0.15, -0.1) is 0 Å². The summed E-state index contributed by atoms with van der Waals surface area (Å²) in [5, 5.41) is 6.67. The van der Waals surface area contributed by atoms with Crippen LogP contribution in [0.2, 0.25) is 0 Å². The van der Waals surface area contributed by atoms with Gasteiger partial charge in [-0.1, -0.05) is 6.08 Å². The van der Waals surface area contributed by atoms with Crippen LogP contribution in [-0.4, -0.2) is 23.0 Å². The van der Waals surface area contributed by atoms with Crippen LogP contribution in [0.5, 0.6) is 0 Å². The molecule has 4 nitrogen and oxygen atoms in total. The summed E-state index contributed by atoms with van der Waals surface area (Å²) in [5.41, 5.74) is 2.68. The van der Waals surface area contributed by atoms with Crippen LogP contribution in [0.1, 0.15) is 31.2 Å². The van der Waals surface area contributed by atoms with Gasteiger partial charge in [-0.2, -0.15) is 0 Å². The molecule has 1 atom stereocenters. The molecule has 1 unspecified atom stereocenters. The van der Waals surface area contributed by atoms with Gasteiger partial charge in [0.05, 0.1) is 11.4 Å². The fraction of sp³-hybridized carbons (Fsp3) is 0.381. The number of carbonyl (C=O) groups is 1. The van der Waals surface area contributed by atoms with E-state index in [-0.39, 0.29) is 11.7 Å². The average molecular weight is 351 g/mol. The number of amides is 1. The topological polar surface area (TPSA) is 44.4 Å². The molecule has 2 aliphatic heterocycles. The Morgan fingerprint density at radius 2 is 1.81 bits per heavy atom. The third-order valence-corrected chi connectivity index (χ3v) is 5.66. The molecular formula is C21H22FN3O. The molecule has 0 saturated heterocycles.